The van der Waals surface area contributed by atoms with Crippen molar-refractivity contribution in [3.05, 3.63) is 82.7 Å². The predicted octanol–water partition coefficient (Wildman–Crippen LogP) is 4.13. The van der Waals surface area contributed by atoms with Crippen LogP contribution in [0.1, 0.15) is 27.3 Å². The van der Waals surface area contributed by atoms with Crippen LogP contribution in [-0.2, 0) is 9.53 Å². The third-order valence-electron chi connectivity index (χ3n) is 4.79. The van der Waals surface area contributed by atoms with Crippen LogP contribution in [0.4, 0.5) is 5.69 Å². The van der Waals surface area contributed by atoms with E-state index in [-0.39, 0.29) is 11.3 Å². The molecule has 7 nitrogen and oxygen atoms in total. The van der Waals surface area contributed by atoms with E-state index < -0.39 is 11.9 Å². The van der Waals surface area contributed by atoms with E-state index in [2.05, 4.69) is 5.32 Å². The van der Waals surface area contributed by atoms with Crippen molar-refractivity contribution in [2.75, 3.05) is 12.4 Å². The number of anilines is 1. The van der Waals surface area contributed by atoms with Gasteiger partial charge in [0.1, 0.15) is 17.4 Å². The van der Waals surface area contributed by atoms with Crippen molar-refractivity contribution in [1.29, 1.82) is 5.26 Å². The zero-order valence-corrected chi connectivity index (χ0v) is 17.3. The lowest BCUT2D eigenvalue weighted by atomic mass is 10.1. The summed E-state index contributed by atoms with van der Waals surface area (Å²) >= 11 is 0. The fraction of sp³-hybridized carbons (Fsp3) is 0.125. The van der Waals surface area contributed by atoms with Crippen LogP contribution < -0.4 is 5.32 Å². The van der Waals surface area contributed by atoms with Crippen molar-refractivity contribution in [1.82, 2.24) is 4.57 Å². The zero-order chi connectivity index (χ0) is 22.5. The zero-order valence-electron chi connectivity index (χ0n) is 17.3. The molecule has 0 atom stereocenters. The third kappa shape index (κ3) is 4.65. The van der Waals surface area contributed by atoms with Gasteiger partial charge in [0.25, 0.3) is 5.91 Å². The Morgan fingerprint density at radius 1 is 1.13 bits per heavy atom. The first-order valence-electron chi connectivity index (χ1n) is 9.44. The normalized spacial score (nSPS) is 11.0. The van der Waals surface area contributed by atoms with Gasteiger partial charge in [0.15, 0.2) is 0 Å². The van der Waals surface area contributed by atoms with Crippen LogP contribution in [0.25, 0.3) is 11.8 Å². The highest BCUT2D eigenvalue weighted by Crippen LogP contribution is 2.24. The summed E-state index contributed by atoms with van der Waals surface area (Å²) < 4.78 is 6.73. The molecule has 0 spiro atoms. The minimum absolute atomic E-state index is 0.0587. The molecular formula is C24H21N3O4. The van der Waals surface area contributed by atoms with Gasteiger partial charge in [-0.3, -0.25) is 4.79 Å². The highest BCUT2D eigenvalue weighted by Gasteiger charge is 2.15. The molecule has 3 aromatic rings. The van der Waals surface area contributed by atoms with Crippen molar-refractivity contribution in [2.24, 2.45) is 0 Å². The Morgan fingerprint density at radius 2 is 1.84 bits per heavy atom. The van der Waals surface area contributed by atoms with Crippen LogP contribution in [0.3, 0.4) is 0 Å². The number of hydrogen-bond donors (Lipinski definition) is 2. The number of carbonyl (C=O) groups excluding carboxylic acids is 2. The quantitative estimate of drug-likeness (QED) is 0.282. The van der Waals surface area contributed by atoms with Gasteiger partial charge in [0.05, 0.1) is 12.7 Å². The monoisotopic (exact) mass is 415 g/mol. The van der Waals surface area contributed by atoms with Crippen molar-refractivity contribution in [3.8, 4) is 17.5 Å². The molecule has 0 aliphatic heterocycles. The maximum absolute atomic E-state index is 12.5. The topological polar surface area (TPSA) is 104 Å². The second-order valence-corrected chi connectivity index (χ2v) is 6.87. The molecule has 156 valence electrons. The summed E-state index contributed by atoms with van der Waals surface area (Å²) in [5, 5.41) is 21.5. The standard InChI is InChI=1S/C24H21N3O4/c1-15-11-18(12-19(14-25)23(29)26-20-7-9-22(28)10-8-20)16(2)27(15)21-6-4-5-17(13-21)24(30)31-3/h4-13,28H,1-3H3,(H,26,29)/b19-12-. The lowest BCUT2D eigenvalue weighted by Crippen LogP contribution is -2.13. The Bertz CT molecular complexity index is 1210. The molecule has 3 rings (SSSR count). The van der Waals surface area contributed by atoms with Gasteiger partial charge >= 0.3 is 5.97 Å². The van der Waals surface area contributed by atoms with E-state index in [0.29, 0.717) is 16.8 Å². The number of methoxy groups -OCH3 is 1. The van der Waals surface area contributed by atoms with E-state index >= 15 is 0 Å². The molecule has 0 saturated carbocycles. The Labute approximate surface area is 179 Å². The number of nitrogens with zero attached hydrogens (tertiary/aromatic N) is 2. The number of esters is 1. The van der Waals surface area contributed by atoms with Crippen molar-refractivity contribution in [2.45, 2.75) is 13.8 Å². The number of aromatic nitrogens is 1. The number of carbonyl (C=O) groups is 2. The fourth-order valence-corrected chi connectivity index (χ4v) is 3.27. The molecule has 1 amide bonds. The molecule has 31 heavy (non-hydrogen) atoms. The van der Waals surface area contributed by atoms with Gasteiger partial charge in [-0.1, -0.05) is 6.07 Å². The molecule has 2 aromatic carbocycles. The van der Waals surface area contributed by atoms with Gasteiger partial charge in [-0.15, -0.1) is 0 Å². The summed E-state index contributed by atoms with van der Waals surface area (Å²) in [5.41, 5.74) is 4.00. The van der Waals surface area contributed by atoms with Gasteiger partial charge in [0.2, 0.25) is 0 Å². The first kappa shape index (κ1) is 21.4. The van der Waals surface area contributed by atoms with E-state index in [0.717, 1.165) is 17.1 Å². The van der Waals surface area contributed by atoms with Gasteiger partial charge in [-0.05, 0) is 74.0 Å². The second-order valence-electron chi connectivity index (χ2n) is 6.87. The van der Waals surface area contributed by atoms with Crippen LogP contribution in [-0.4, -0.2) is 28.7 Å². The summed E-state index contributed by atoms with van der Waals surface area (Å²) in [6, 6.07) is 16.8. The van der Waals surface area contributed by atoms with Gasteiger partial charge in [-0.2, -0.15) is 5.26 Å². The number of nitriles is 1. The molecule has 2 N–H and O–H groups in total. The summed E-state index contributed by atoms with van der Waals surface area (Å²) in [5.74, 6) is -0.898. The number of aromatic hydroxyl groups is 1. The second kappa shape index (κ2) is 9.01. The number of aryl methyl sites for hydroxylation is 1. The lowest BCUT2D eigenvalue weighted by Gasteiger charge is -2.11. The summed E-state index contributed by atoms with van der Waals surface area (Å²) in [6.07, 6.45) is 1.53. The summed E-state index contributed by atoms with van der Waals surface area (Å²) in [6.45, 7) is 3.77. The Morgan fingerprint density at radius 3 is 2.48 bits per heavy atom. The van der Waals surface area contributed by atoms with Gasteiger partial charge in [-0.25, -0.2) is 4.79 Å². The Hall–Kier alpha value is -4.31. The highest BCUT2D eigenvalue weighted by atomic mass is 16.5. The number of benzene rings is 2. The number of rotatable bonds is 5. The third-order valence-corrected chi connectivity index (χ3v) is 4.79. The molecule has 7 heteroatoms. The number of phenolic OH excluding ortho intramolecular Hbond substituents is 1. The molecule has 0 radical (unpaired) electrons. The van der Waals surface area contributed by atoms with E-state index in [1.807, 2.05) is 36.6 Å². The first-order valence-corrected chi connectivity index (χ1v) is 9.44. The molecular weight excluding hydrogens is 394 g/mol. The molecule has 0 unspecified atom stereocenters. The minimum Gasteiger partial charge on any atom is -0.508 e. The average molecular weight is 415 g/mol. The number of amides is 1. The van der Waals surface area contributed by atoms with Crippen LogP contribution in [0.2, 0.25) is 0 Å². The fourth-order valence-electron chi connectivity index (χ4n) is 3.27. The van der Waals surface area contributed by atoms with Crippen LogP contribution in [0, 0.1) is 25.2 Å². The molecule has 0 fully saturated rings. The Balaban J connectivity index is 1.94. The van der Waals surface area contributed by atoms with Gasteiger partial charge in [0, 0.05) is 22.8 Å². The summed E-state index contributed by atoms with van der Waals surface area (Å²) in [7, 11) is 1.33. The van der Waals surface area contributed by atoms with E-state index in [1.165, 1.54) is 25.3 Å². The smallest absolute Gasteiger partial charge is 0.337 e. The van der Waals surface area contributed by atoms with E-state index in [9.17, 15) is 20.0 Å². The number of ether oxygens (including phenoxy) is 1. The van der Waals surface area contributed by atoms with Crippen molar-refractivity contribution < 1.29 is 19.4 Å². The number of phenols is 1. The largest absolute Gasteiger partial charge is 0.508 e. The first-order chi connectivity index (χ1) is 14.8. The van der Waals surface area contributed by atoms with Crippen molar-refractivity contribution >= 4 is 23.6 Å². The number of nitrogens with one attached hydrogen (secondary N) is 1. The molecule has 0 aliphatic rings. The molecule has 1 aromatic heterocycles. The molecule has 0 saturated heterocycles. The highest BCUT2D eigenvalue weighted by molar-refractivity contribution is 6.09. The van der Waals surface area contributed by atoms with Crippen LogP contribution in [0.15, 0.2) is 60.2 Å². The minimum atomic E-state index is -0.550. The summed E-state index contributed by atoms with van der Waals surface area (Å²) in [4.78, 5) is 24.4. The lowest BCUT2D eigenvalue weighted by molar-refractivity contribution is -0.112. The molecule has 0 aliphatic carbocycles. The molecule has 1 heterocycles. The Kier molecular flexibility index (Phi) is 6.22. The maximum Gasteiger partial charge on any atom is 0.337 e. The van der Waals surface area contributed by atoms with E-state index in [1.54, 1.807) is 30.3 Å². The van der Waals surface area contributed by atoms with E-state index in [4.69, 9.17) is 4.74 Å². The van der Waals surface area contributed by atoms with Crippen LogP contribution in [0.5, 0.6) is 5.75 Å². The van der Waals surface area contributed by atoms with Crippen molar-refractivity contribution in [3.63, 3.8) is 0 Å². The van der Waals surface area contributed by atoms with Crippen LogP contribution >= 0.6 is 0 Å². The maximum atomic E-state index is 12.5. The van der Waals surface area contributed by atoms with Gasteiger partial charge < -0.3 is 19.7 Å². The predicted molar refractivity (Wildman–Crippen MR) is 117 cm³/mol. The molecule has 0 bridgehead atoms. The number of hydrogen-bond acceptors (Lipinski definition) is 5. The SMILES string of the molecule is COC(=O)c1cccc(-n2c(C)cc(/C=C(/C#N)C(=O)Nc3ccc(O)cc3)c2C)c1. The average Bonchev–Trinajstić information content (AvgIpc) is 3.05.